The van der Waals surface area contributed by atoms with Crippen LogP contribution < -0.4 is 5.32 Å². The molecule has 0 spiro atoms. The lowest BCUT2D eigenvalue weighted by molar-refractivity contribution is 0.444. The van der Waals surface area contributed by atoms with Gasteiger partial charge in [-0.15, -0.1) is 0 Å². The molecule has 0 radical (unpaired) electrons. The molecule has 114 valence electrons. The van der Waals surface area contributed by atoms with Gasteiger partial charge in [-0.2, -0.15) is 5.10 Å². The van der Waals surface area contributed by atoms with Gasteiger partial charge in [0.05, 0.1) is 6.20 Å². The third kappa shape index (κ3) is 3.59. The topological polar surface area (TPSA) is 67.2 Å². The Bertz CT molecular complexity index is 540. The van der Waals surface area contributed by atoms with Crippen LogP contribution in [0.2, 0.25) is 0 Å². The van der Waals surface area contributed by atoms with Gasteiger partial charge in [-0.05, 0) is 38.3 Å². The molecule has 6 nitrogen and oxygen atoms in total. The van der Waals surface area contributed by atoms with Crippen molar-refractivity contribution in [2.24, 2.45) is 11.8 Å². The molecule has 1 aliphatic carbocycles. The van der Waals surface area contributed by atoms with E-state index in [0.29, 0.717) is 18.4 Å². The maximum Gasteiger partial charge on any atom is 0.245 e. The van der Waals surface area contributed by atoms with Crippen molar-refractivity contribution in [3.8, 4) is 0 Å². The second-order valence-electron chi connectivity index (χ2n) is 5.65. The molecule has 2 rings (SSSR count). The van der Waals surface area contributed by atoms with E-state index in [4.69, 9.17) is 0 Å². The highest BCUT2D eigenvalue weighted by Crippen LogP contribution is 2.38. The van der Waals surface area contributed by atoms with Gasteiger partial charge in [0, 0.05) is 26.3 Å². The molecule has 2 unspecified atom stereocenters. The Kier molecular flexibility index (Phi) is 4.82. The van der Waals surface area contributed by atoms with Crippen molar-refractivity contribution in [3.05, 3.63) is 12.4 Å². The third-order valence-corrected chi connectivity index (χ3v) is 5.68. The van der Waals surface area contributed by atoms with E-state index in [2.05, 4.69) is 17.3 Å². The molecule has 0 aliphatic heterocycles. The second kappa shape index (κ2) is 6.24. The second-order valence-corrected chi connectivity index (χ2v) is 7.70. The number of hydrogen-bond donors (Lipinski definition) is 1. The van der Waals surface area contributed by atoms with E-state index in [0.717, 1.165) is 25.9 Å². The summed E-state index contributed by atoms with van der Waals surface area (Å²) in [6, 6.07) is 0. The Morgan fingerprint density at radius 1 is 1.55 bits per heavy atom. The summed E-state index contributed by atoms with van der Waals surface area (Å²) in [4.78, 5) is 0.290. The van der Waals surface area contributed by atoms with Gasteiger partial charge in [-0.3, -0.25) is 4.68 Å². The van der Waals surface area contributed by atoms with Crippen LogP contribution in [0.4, 0.5) is 0 Å². The third-order valence-electron chi connectivity index (χ3n) is 3.90. The lowest BCUT2D eigenvalue weighted by atomic mass is 10.3. The van der Waals surface area contributed by atoms with Gasteiger partial charge < -0.3 is 5.32 Å². The highest BCUT2D eigenvalue weighted by molar-refractivity contribution is 7.89. The standard InChI is InChI=1S/C13H24N4O2S/c1-11-7-12(11)9-16(3)20(18,19)13-8-15-17(10-13)6-4-5-14-2/h8,10-12,14H,4-7,9H2,1-3H3. The van der Waals surface area contributed by atoms with Crippen LogP contribution in [-0.4, -0.2) is 49.7 Å². The van der Waals surface area contributed by atoms with Crippen LogP contribution in [0.1, 0.15) is 19.8 Å². The number of aromatic nitrogens is 2. The maximum absolute atomic E-state index is 12.4. The predicted molar refractivity (Wildman–Crippen MR) is 77.9 cm³/mol. The Morgan fingerprint density at radius 3 is 2.85 bits per heavy atom. The molecule has 1 aromatic rings. The van der Waals surface area contributed by atoms with Crippen LogP contribution in [0.25, 0.3) is 0 Å². The Labute approximate surface area is 121 Å². The van der Waals surface area contributed by atoms with E-state index in [1.54, 1.807) is 17.9 Å². The summed E-state index contributed by atoms with van der Waals surface area (Å²) in [7, 11) is 0.154. The van der Waals surface area contributed by atoms with Gasteiger partial charge in [0.1, 0.15) is 4.90 Å². The van der Waals surface area contributed by atoms with Crippen molar-refractivity contribution in [3.63, 3.8) is 0 Å². The van der Waals surface area contributed by atoms with Gasteiger partial charge in [0.25, 0.3) is 0 Å². The zero-order valence-corrected chi connectivity index (χ0v) is 13.2. The molecule has 1 saturated carbocycles. The molecular formula is C13H24N4O2S. The average molecular weight is 300 g/mol. The summed E-state index contributed by atoms with van der Waals surface area (Å²) < 4.78 is 28.0. The Hall–Kier alpha value is -0.920. The normalized spacial score (nSPS) is 22.4. The maximum atomic E-state index is 12.4. The Balaban J connectivity index is 1.98. The molecule has 0 aromatic carbocycles. The monoisotopic (exact) mass is 300 g/mol. The number of nitrogens with one attached hydrogen (secondary N) is 1. The smallest absolute Gasteiger partial charge is 0.245 e. The molecule has 1 fully saturated rings. The van der Waals surface area contributed by atoms with Crippen molar-refractivity contribution in [1.29, 1.82) is 0 Å². The highest BCUT2D eigenvalue weighted by atomic mass is 32.2. The fraction of sp³-hybridized carbons (Fsp3) is 0.769. The van der Waals surface area contributed by atoms with E-state index < -0.39 is 10.0 Å². The molecule has 0 saturated heterocycles. The van der Waals surface area contributed by atoms with E-state index in [1.165, 1.54) is 10.5 Å². The number of rotatable bonds is 8. The van der Waals surface area contributed by atoms with Crippen LogP contribution in [0.3, 0.4) is 0 Å². The minimum Gasteiger partial charge on any atom is -0.320 e. The summed E-state index contributed by atoms with van der Waals surface area (Å²) in [5, 5.41) is 7.19. The van der Waals surface area contributed by atoms with Crippen molar-refractivity contribution < 1.29 is 8.42 Å². The fourth-order valence-electron chi connectivity index (χ4n) is 2.28. The van der Waals surface area contributed by atoms with Crippen LogP contribution >= 0.6 is 0 Å². The molecule has 2 atom stereocenters. The lowest BCUT2D eigenvalue weighted by Gasteiger charge is -2.15. The zero-order valence-electron chi connectivity index (χ0n) is 12.4. The SMILES string of the molecule is CNCCCn1cc(S(=O)(=O)N(C)CC2CC2C)cn1. The molecular weight excluding hydrogens is 276 g/mol. The first-order valence-electron chi connectivity index (χ1n) is 7.08. The van der Waals surface area contributed by atoms with E-state index >= 15 is 0 Å². The summed E-state index contributed by atoms with van der Waals surface area (Å²) >= 11 is 0. The minimum absolute atomic E-state index is 0.290. The molecule has 20 heavy (non-hydrogen) atoms. The van der Waals surface area contributed by atoms with Crippen molar-refractivity contribution in [2.75, 3.05) is 27.2 Å². The summed E-state index contributed by atoms with van der Waals surface area (Å²) in [5.41, 5.74) is 0. The van der Waals surface area contributed by atoms with Crippen LogP contribution in [-0.2, 0) is 16.6 Å². The van der Waals surface area contributed by atoms with Crippen LogP contribution in [0.15, 0.2) is 17.3 Å². The first-order valence-corrected chi connectivity index (χ1v) is 8.52. The minimum atomic E-state index is -3.39. The van der Waals surface area contributed by atoms with Gasteiger partial charge in [-0.25, -0.2) is 12.7 Å². The first-order chi connectivity index (χ1) is 9.45. The average Bonchev–Trinajstić information content (AvgIpc) is 2.91. The molecule has 1 aromatic heterocycles. The van der Waals surface area contributed by atoms with E-state index in [1.807, 2.05) is 7.05 Å². The van der Waals surface area contributed by atoms with Crippen molar-refractivity contribution in [2.45, 2.75) is 31.2 Å². The molecule has 1 heterocycles. The van der Waals surface area contributed by atoms with Gasteiger partial charge in [0.15, 0.2) is 0 Å². The fourth-order valence-corrected chi connectivity index (χ4v) is 3.46. The van der Waals surface area contributed by atoms with Crippen LogP contribution in [0, 0.1) is 11.8 Å². The lowest BCUT2D eigenvalue weighted by Crippen LogP contribution is -2.29. The quantitative estimate of drug-likeness (QED) is 0.720. The predicted octanol–water partition coefficient (Wildman–Crippen LogP) is 0.769. The Morgan fingerprint density at radius 2 is 2.25 bits per heavy atom. The zero-order chi connectivity index (χ0) is 14.8. The number of nitrogens with zero attached hydrogens (tertiary/aromatic N) is 3. The molecule has 0 bridgehead atoms. The summed E-state index contributed by atoms with van der Waals surface area (Å²) in [5.74, 6) is 1.16. The van der Waals surface area contributed by atoms with Crippen molar-refractivity contribution >= 4 is 10.0 Å². The number of hydrogen-bond acceptors (Lipinski definition) is 4. The van der Waals surface area contributed by atoms with Gasteiger partial charge >= 0.3 is 0 Å². The summed E-state index contributed by atoms with van der Waals surface area (Å²) in [6.45, 7) is 4.38. The molecule has 1 aliphatic rings. The summed E-state index contributed by atoms with van der Waals surface area (Å²) in [6.07, 6.45) is 5.12. The first kappa shape index (κ1) is 15.5. The largest absolute Gasteiger partial charge is 0.320 e. The van der Waals surface area contributed by atoms with Gasteiger partial charge in [0.2, 0.25) is 10.0 Å². The molecule has 0 amide bonds. The van der Waals surface area contributed by atoms with E-state index in [-0.39, 0.29) is 4.90 Å². The molecule has 1 N–H and O–H groups in total. The number of sulfonamides is 1. The highest BCUT2D eigenvalue weighted by Gasteiger charge is 2.36. The van der Waals surface area contributed by atoms with Crippen molar-refractivity contribution in [1.82, 2.24) is 19.4 Å². The van der Waals surface area contributed by atoms with E-state index in [9.17, 15) is 8.42 Å². The molecule has 7 heteroatoms. The van der Waals surface area contributed by atoms with Gasteiger partial charge in [-0.1, -0.05) is 6.92 Å². The van der Waals surface area contributed by atoms with Crippen LogP contribution in [0.5, 0.6) is 0 Å². The number of aryl methyl sites for hydroxylation is 1.